The standard InChI is InChI=1S/C14H21ClN2O/c1-5-10-17(4)13(18)16-14(2,3)11-6-8-12(15)9-7-11/h6-9H,5,10H2,1-4H3,(H,16,18). The minimum Gasteiger partial charge on any atom is -0.329 e. The van der Waals surface area contributed by atoms with Crippen LogP contribution in [0.5, 0.6) is 0 Å². The first-order valence-corrected chi connectivity index (χ1v) is 6.54. The molecule has 0 bridgehead atoms. The minimum atomic E-state index is -0.413. The summed E-state index contributed by atoms with van der Waals surface area (Å²) in [6, 6.07) is 7.48. The second kappa shape index (κ2) is 6.10. The first-order valence-electron chi connectivity index (χ1n) is 6.16. The first-order chi connectivity index (χ1) is 8.36. The van der Waals surface area contributed by atoms with E-state index in [4.69, 9.17) is 11.6 Å². The molecule has 1 N–H and O–H groups in total. The molecule has 0 spiro atoms. The molecule has 0 unspecified atom stereocenters. The largest absolute Gasteiger partial charge is 0.329 e. The van der Waals surface area contributed by atoms with Crippen LogP contribution in [0.2, 0.25) is 5.02 Å². The number of urea groups is 1. The van der Waals surface area contributed by atoms with Gasteiger partial charge >= 0.3 is 6.03 Å². The molecule has 18 heavy (non-hydrogen) atoms. The first kappa shape index (κ1) is 14.8. The molecular formula is C14H21ClN2O. The summed E-state index contributed by atoms with van der Waals surface area (Å²) in [5, 5.41) is 3.72. The molecule has 0 saturated carbocycles. The van der Waals surface area contributed by atoms with Crippen LogP contribution in [-0.2, 0) is 5.54 Å². The molecule has 1 aromatic carbocycles. The number of hydrogen-bond donors (Lipinski definition) is 1. The van der Waals surface area contributed by atoms with Gasteiger partial charge in [0.1, 0.15) is 0 Å². The van der Waals surface area contributed by atoms with Gasteiger partial charge in [-0.25, -0.2) is 4.79 Å². The lowest BCUT2D eigenvalue weighted by atomic mass is 9.94. The van der Waals surface area contributed by atoms with Gasteiger partial charge in [0.25, 0.3) is 0 Å². The van der Waals surface area contributed by atoms with Gasteiger partial charge in [0.05, 0.1) is 5.54 Å². The number of carbonyl (C=O) groups is 1. The van der Waals surface area contributed by atoms with E-state index in [1.165, 1.54) is 0 Å². The summed E-state index contributed by atoms with van der Waals surface area (Å²) >= 11 is 5.86. The van der Waals surface area contributed by atoms with Crippen molar-refractivity contribution >= 4 is 17.6 Å². The SMILES string of the molecule is CCCN(C)C(=O)NC(C)(C)c1ccc(Cl)cc1. The van der Waals surface area contributed by atoms with E-state index in [1.807, 2.05) is 45.0 Å². The lowest BCUT2D eigenvalue weighted by Gasteiger charge is -2.29. The molecule has 1 rings (SSSR count). The molecule has 0 heterocycles. The van der Waals surface area contributed by atoms with Gasteiger partial charge < -0.3 is 10.2 Å². The predicted molar refractivity (Wildman–Crippen MR) is 75.9 cm³/mol. The molecule has 2 amide bonds. The zero-order chi connectivity index (χ0) is 13.8. The lowest BCUT2D eigenvalue weighted by molar-refractivity contribution is 0.197. The third-order valence-corrected chi connectivity index (χ3v) is 3.14. The van der Waals surface area contributed by atoms with Crippen LogP contribution in [0.1, 0.15) is 32.8 Å². The summed E-state index contributed by atoms with van der Waals surface area (Å²) < 4.78 is 0. The Balaban J connectivity index is 2.75. The van der Waals surface area contributed by atoms with Gasteiger partial charge in [-0.15, -0.1) is 0 Å². The van der Waals surface area contributed by atoms with Crippen LogP contribution in [-0.4, -0.2) is 24.5 Å². The zero-order valence-corrected chi connectivity index (χ0v) is 12.2. The number of rotatable bonds is 4. The molecule has 0 aromatic heterocycles. The molecule has 0 aliphatic rings. The summed E-state index contributed by atoms with van der Waals surface area (Å²) in [5.74, 6) is 0. The third-order valence-electron chi connectivity index (χ3n) is 2.89. The second-order valence-corrected chi connectivity index (χ2v) is 5.42. The average molecular weight is 269 g/mol. The fourth-order valence-electron chi connectivity index (χ4n) is 1.74. The summed E-state index contributed by atoms with van der Waals surface area (Å²) in [6.07, 6.45) is 0.950. The summed E-state index contributed by atoms with van der Waals surface area (Å²) in [5.41, 5.74) is 0.620. The van der Waals surface area contributed by atoms with E-state index < -0.39 is 5.54 Å². The number of nitrogens with one attached hydrogen (secondary N) is 1. The van der Waals surface area contributed by atoms with Gasteiger partial charge in [-0.05, 0) is 38.0 Å². The molecule has 0 aliphatic heterocycles. The molecule has 1 aromatic rings. The van der Waals surface area contributed by atoms with Crippen molar-refractivity contribution in [2.24, 2.45) is 0 Å². The topological polar surface area (TPSA) is 32.3 Å². The van der Waals surface area contributed by atoms with Crippen molar-refractivity contribution in [1.29, 1.82) is 0 Å². The van der Waals surface area contributed by atoms with Crippen LogP contribution in [0.3, 0.4) is 0 Å². The Hall–Kier alpha value is -1.22. The second-order valence-electron chi connectivity index (χ2n) is 4.98. The molecule has 0 fully saturated rings. The van der Waals surface area contributed by atoms with E-state index in [-0.39, 0.29) is 6.03 Å². The van der Waals surface area contributed by atoms with Crippen molar-refractivity contribution in [1.82, 2.24) is 10.2 Å². The zero-order valence-electron chi connectivity index (χ0n) is 11.5. The van der Waals surface area contributed by atoms with Crippen molar-refractivity contribution < 1.29 is 4.79 Å². The van der Waals surface area contributed by atoms with Gasteiger partial charge in [0.2, 0.25) is 0 Å². The van der Waals surface area contributed by atoms with Crippen molar-refractivity contribution in [3.63, 3.8) is 0 Å². The van der Waals surface area contributed by atoms with Gasteiger partial charge in [-0.1, -0.05) is 30.7 Å². The molecule has 0 aliphatic carbocycles. The van der Waals surface area contributed by atoms with Crippen molar-refractivity contribution in [2.75, 3.05) is 13.6 Å². The van der Waals surface area contributed by atoms with E-state index in [0.717, 1.165) is 18.5 Å². The van der Waals surface area contributed by atoms with E-state index in [1.54, 1.807) is 11.9 Å². The van der Waals surface area contributed by atoms with Gasteiger partial charge in [0.15, 0.2) is 0 Å². The van der Waals surface area contributed by atoms with Gasteiger partial charge in [-0.2, -0.15) is 0 Å². The molecule has 0 atom stereocenters. The van der Waals surface area contributed by atoms with Crippen LogP contribution in [0.4, 0.5) is 4.79 Å². The predicted octanol–water partition coefficient (Wildman–Crippen LogP) is 3.63. The molecule has 3 nitrogen and oxygen atoms in total. The van der Waals surface area contributed by atoms with Crippen LogP contribution in [0, 0.1) is 0 Å². The molecule has 4 heteroatoms. The van der Waals surface area contributed by atoms with E-state index in [9.17, 15) is 4.79 Å². The van der Waals surface area contributed by atoms with Gasteiger partial charge in [-0.3, -0.25) is 0 Å². The Bertz CT molecular complexity index is 401. The highest BCUT2D eigenvalue weighted by Crippen LogP contribution is 2.22. The highest BCUT2D eigenvalue weighted by molar-refractivity contribution is 6.30. The van der Waals surface area contributed by atoms with E-state index in [0.29, 0.717) is 5.02 Å². The Kier molecular flexibility index (Phi) is 5.03. The number of amides is 2. The molecule has 0 radical (unpaired) electrons. The maximum atomic E-state index is 12.0. The average Bonchev–Trinajstić information content (AvgIpc) is 2.29. The monoisotopic (exact) mass is 268 g/mol. The van der Waals surface area contributed by atoms with E-state index >= 15 is 0 Å². The van der Waals surface area contributed by atoms with Crippen LogP contribution < -0.4 is 5.32 Å². The molecular weight excluding hydrogens is 248 g/mol. The Morgan fingerprint density at radius 1 is 1.33 bits per heavy atom. The van der Waals surface area contributed by atoms with Crippen molar-refractivity contribution in [2.45, 2.75) is 32.7 Å². The number of halogens is 1. The van der Waals surface area contributed by atoms with Crippen LogP contribution in [0.15, 0.2) is 24.3 Å². The van der Waals surface area contributed by atoms with Crippen molar-refractivity contribution in [3.8, 4) is 0 Å². The fraction of sp³-hybridized carbons (Fsp3) is 0.500. The minimum absolute atomic E-state index is 0.0585. The summed E-state index contributed by atoms with van der Waals surface area (Å²) in [7, 11) is 1.80. The van der Waals surface area contributed by atoms with Crippen molar-refractivity contribution in [3.05, 3.63) is 34.9 Å². The smallest absolute Gasteiger partial charge is 0.317 e. The molecule has 100 valence electrons. The quantitative estimate of drug-likeness (QED) is 0.889. The van der Waals surface area contributed by atoms with E-state index in [2.05, 4.69) is 5.32 Å². The summed E-state index contributed by atoms with van der Waals surface area (Å²) in [4.78, 5) is 13.7. The number of carbonyl (C=O) groups excluding carboxylic acids is 1. The Labute approximate surface area is 114 Å². The highest BCUT2D eigenvalue weighted by atomic mass is 35.5. The third kappa shape index (κ3) is 3.91. The number of benzene rings is 1. The summed E-state index contributed by atoms with van der Waals surface area (Å²) in [6.45, 7) is 6.76. The highest BCUT2D eigenvalue weighted by Gasteiger charge is 2.24. The maximum absolute atomic E-state index is 12.0. The lowest BCUT2D eigenvalue weighted by Crippen LogP contribution is -2.47. The Morgan fingerprint density at radius 2 is 1.89 bits per heavy atom. The number of nitrogens with zero attached hydrogens (tertiary/aromatic N) is 1. The molecule has 0 saturated heterocycles. The Morgan fingerprint density at radius 3 is 2.39 bits per heavy atom. The van der Waals surface area contributed by atoms with Gasteiger partial charge in [0, 0.05) is 18.6 Å². The van der Waals surface area contributed by atoms with Crippen LogP contribution >= 0.6 is 11.6 Å². The normalized spacial score (nSPS) is 11.2. The number of hydrogen-bond acceptors (Lipinski definition) is 1. The maximum Gasteiger partial charge on any atom is 0.317 e. The van der Waals surface area contributed by atoms with Crippen LogP contribution in [0.25, 0.3) is 0 Å². The fourth-order valence-corrected chi connectivity index (χ4v) is 1.86.